The molecule has 0 saturated carbocycles. The number of amides is 2. The summed E-state index contributed by atoms with van der Waals surface area (Å²) < 4.78 is 37.0. The van der Waals surface area contributed by atoms with Gasteiger partial charge in [-0.3, -0.25) is 4.90 Å². The molecular formula is C16H23F3N4O. The van der Waals surface area contributed by atoms with E-state index in [4.69, 9.17) is 0 Å². The fourth-order valence-electron chi connectivity index (χ4n) is 2.68. The topological polar surface area (TPSA) is 47.6 Å². The SMILES string of the molecule is CN(C)c1ccc(CNC(=O)NC2CCN(CC(F)(F)F)C2)cc1. The van der Waals surface area contributed by atoms with Gasteiger partial charge in [0.2, 0.25) is 0 Å². The van der Waals surface area contributed by atoms with Crippen LogP contribution in [-0.4, -0.2) is 56.9 Å². The van der Waals surface area contributed by atoms with Crippen LogP contribution < -0.4 is 15.5 Å². The van der Waals surface area contributed by atoms with Crippen molar-refractivity contribution in [3.63, 3.8) is 0 Å². The number of anilines is 1. The van der Waals surface area contributed by atoms with Crippen LogP contribution in [0.15, 0.2) is 24.3 Å². The second-order valence-electron chi connectivity index (χ2n) is 6.22. The van der Waals surface area contributed by atoms with Crippen LogP contribution in [0.3, 0.4) is 0 Å². The first-order valence-corrected chi connectivity index (χ1v) is 7.82. The van der Waals surface area contributed by atoms with E-state index in [2.05, 4.69) is 10.6 Å². The maximum atomic E-state index is 12.3. The summed E-state index contributed by atoms with van der Waals surface area (Å²) in [5.74, 6) is 0. The Morgan fingerprint density at radius 3 is 2.54 bits per heavy atom. The summed E-state index contributed by atoms with van der Waals surface area (Å²) in [6.07, 6.45) is -3.67. The number of hydrogen-bond donors (Lipinski definition) is 2. The fraction of sp³-hybridized carbons (Fsp3) is 0.562. The van der Waals surface area contributed by atoms with Gasteiger partial charge >= 0.3 is 12.2 Å². The molecule has 2 N–H and O–H groups in total. The molecule has 1 aliphatic rings. The van der Waals surface area contributed by atoms with Crippen LogP contribution in [0.25, 0.3) is 0 Å². The van der Waals surface area contributed by atoms with Gasteiger partial charge in [0.15, 0.2) is 0 Å². The molecule has 1 aliphatic heterocycles. The van der Waals surface area contributed by atoms with E-state index < -0.39 is 12.7 Å². The van der Waals surface area contributed by atoms with Crippen molar-refractivity contribution in [1.82, 2.24) is 15.5 Å². The molecule has 2 rings (SSSR count). The molecule has 0 aliphatic carbocycles. The summed E-state index contributed by atoms with van der Waals surface area (Å²) in [4.78, 5) is 15.2. The van der Waals surface area contributed by atoms with Gasteiger partial charge in [0.1, 0.15) is 0 Å². The summed E-state index contributed by atoms with van der Waals surface area (Å²) >= 11 is 0. The number of carbonyl (C=O) groups is 1. The van der Waals surface area contributed by atoms with Gasteiger partial charge in [-0.15, -0.1) is 0 Å². The second kappa shape index (κ2) is 7.74. The lowest BCUT2D eigenvalue weighted by molar-refractivity contribution is -0.143. The molecule has 134 valence electrons. The average Bonchev–Trinajstić information content (AvgIpc) is 2.90. The Morgan fingerprint density at radius 2 is 1.96 bits per heavy atom. The number of likely N-dealkylation sites (tertiary alicyclic amines) is 1. The summed E-state index contributed by atoms with van der Waals surface area (Å²) in [6.45, 7) is 0.0183. The Hall–Kier alpha value is -1.96. The molecule has 0 radical (unpaired) electrons. The van der Waals surface area contributed by atoms with E-state index in [9.17, 15) is 18.0 Å². The maximum absolute atomic E-state index is 12.3. The minimum atomic E-state index is -4.20. The van der Waals surface area contributed by atoms with Crippen molar-refractivity contribution in [2.45, 2.75) is 25.2 Å². The molecule has 0 spiro atoms. The van der Waals surface area contributed by atoms with Crippen molar-refractivity contribution >= 4 is 11.7 Å². The molecule has 8 heteroatoms. The van der Waals surface area contributed by atoms with Gasteiger partial charge in [-0.05, 0) is 24.1 Å². The third kappa shape index (κ3) is 5.92. The Kier molecular flexibility index (Phi) is 5.93. The van der Waals surface area contributed by atoms with Crippen LogP contribution in [0.2, 0.25) is 0 Å². The first kappa shape index (κ1) is 18.4. The first-order valence-electron chi connectivity index (χ1n) is 7.82. The predicted octanol–water partition coefficient (Wildman–Crippen LogP) is 2.19. The number of nitrogens with one attached hydrogen (secondary N) is 2. The van der Waals surface area contributed by atoms with Crippen molar-refractivity contribution < 1.29 is 18.0 Å². The quantitative estimate of drug-likeness (QED) is 0.861. The van der Waals surface area contributed by atoms with Crippen LogP contribution >= 0.6 is 0 Å². The Labute approximate surface area is 139 Å². The van der Waals surface area contributed by atoms with Crippen molar-refractivity contribution in [2.24, 2.45) is 0 Å². The average molecular weight is 344 g/mol. The molecule has 1 unspecified atom stereocenters. The Morgan fingerprint density at radius 1 is 1.29 bits per heavy atom. The van der Waals surface area contributed by atoms with Crippen molar-refractivity contribution in [3.8, 4) is 0 Å². The van der Waals surface area contributed by atoms with Gasteiger partial charge in [0.05, 0.1) is 6.54 Å². The largest absolute Gasteiger partial charge is 0.401 e. The predicted molar refractivity (Wildman–Crippen MR) is 87.0 cm³/mol. The van der Waals surface area contributed by atoms with Crippen LogP contribution in [0.4, 0.5) is 23.7 Å². The van der Waals surface area contributed by atoms with Gasteiger partial charge in [-0.1, -0.05) is 12.1 Å². The lowest BCUT2D eigenvalue weighted by atomic mass is 10.2. The van der Waals surface area contributed by atoms with E-state index in [-0.39, 0.29) is 18.6 Å². The monoisotopic (exact) mass is 344 g/mol. The third-order valence-corrected chi connectivity index (χ3v) is 3.92. The minimum Gasteiger partial charge on any atom is -0.378 e. The number of halogens is 3. The number of nitrogens with zero attached hydrogens (tertiary/aromatic N) is 2. The first-order chi connectivity index (χ1) is 11.2. The van der Waals surface area contributed by atoms with E-state index in [1.54, 1.807) is 0 Å². The van der Waals surface area contributed by atoms with Gasteiger partial charge in [-0.25, -0.2) is 4.79 Å². The highest BCUT2D eigenvalue weighted by molar-refractivity contribution is 5.74. The molecule has 5 nitrogen and oxygen atoms in total. The van der Waals surface area contributed by atoms with E-state index in [1.165, 1.54) is 4.90 Å². The van der Waals surface area contributed by atoms with Crippen molar-refractivity contribution in [2.75, 3.05) is 38.6 Å². The minimum absolute atomic E-state index is 0.227. The fourth-order valence-corrected chi connectivity index (χ4v) is 2.68. The third-order valence-electron chi connectivity index (χ3n) is 3.92. The number of benzene rings is 1. The van der Waals surface area contributed by atoms with Crippen LogP contribution in [0.5, 0.6) is 0 Å². The highest BCUT2D eigenvalue weighted by atomic mass is 19.4. The zero-order valence-corrected chi connectivity index (χ0v) is 13.9. The highest BCUT2D eigenvalue weighted by Crippen LogP contribution is 2.20. The molecule has 1 heterocycles. The number of rotatable bonds is 5. The van der Waals surface area contributed by atoms with E-state index in [0.29, 0.717) is 19.5 Å². The van der Waals surface area contributed by atoms with E-state index >= 15 is 0 Å². The zero-order valence-electron chi connectivity index (χ0n) is 13.9. The van der Waals surface area contributed by atoms with Crippen LogP contribution in [0.1, 0.15) is 12.0 Å². The lowest BCUT2D eigenvalue weighted by Gasteiger charge is -2.18. The maximum Gasteiger partial charge on any atom is 0.401 e. The number of alkyl halides is 3. The number of urea groups is 1. The molecule has 0 aromatic heterocycles. The van der Waals surface area contributed by atoms with E-state index in [0.717, 1.165) is 11.3 Å². The molecule has 1 aromatic rings. The number of carbonyl (C=O) groups excluding carboxylic acids is 1. The molecule has 2 amide bonds. The molecule has 1 fully saturated rings. The van der Waals surface area contributed by atoms with Crippen molar-refractivity contribution in [3.05, 3.63) is 29.8 Å². The summed E-state index contributed by atoms with van der Waals surface area (Å²) in [5.41, 5.74) is 2.03. The molecule has 1 saturated heterocycles. The highest BCUT2D eigenvalue weighted by Gasteiger charge is 2.34. The Balaban J connectivity index is 1.72. The molecule has 1 atom stereocenters. The Bertz CT molecular complexity index is 545. The van der Waals surface area contributed by atoms with E-state index in [1.807, 2.05) is 43.3 Å². The lowest BCUT2D eigenvalue weighted by Crippen LogP contribution is -2.43. The summed E-state index contributed by atoms with van der Waals surface area (Å²) in [5, 5.41) is 5.46. The second-order valence-corrected chi connectivity index (χ2v) is 6.22. The standard InChI is InChI=1S/C16H23F3N4O/c1-22(2)14-5-3-12(4-6-14)9-20-15(24)21-13-7-8-23(10-13)11-16(17,18)19/h3-6,13H,7-11H2,1-2H3,(H2,20,21,24). The van der Waals surface area contributed by atoms with Gasteiger partial charge in [-0.2, -0.15) is 13.2 Å². The van der Waals surface area contributed by atoms with Crippen LogP contribution in [0, 0.1) is 0 Å². The zero-order chi connectivity index (χ0) is 17.7. The molecule has 1 aromatic carbocycles. The van der Waals surface area contributed by atoms with Crippen molar-refractivity contribution in [1.29, 1.82) is 0 Å². The van der Waals surface area contributed by atoms with Gasteiger partial charge < -0.3 is 15.5 Å². The molecular weight excluding hydrogens is 321 g/mol. The number of hydrogen-bond acceptors (Lipinski definition) is 3. The van der Waals surface area contributed by atoms with Crippen LogP contribution in [-0.2, 0) is 6.54 Å². The molecule has 24 heavy (non-hydrogen) atoms. The summed E-state index contributed by atoms with van der Waals surface area (Å²) in [7, 11) is 3.90. The normalized spacial score (nSPS) is 18.5. The van der Waals surface area contributed by atoms with Gasteiger partial charge in [0, 0.05) is 45.5 Å². The van der Waals surface area contributed by atoms with Gasteiger partial charge in [0.25, 0.3) is 0 Å². The smallest absolute Gasteiger partial charge is 0.378 e. The molecule has 0 bridgehead atoms. The summed E-state index contributed by atoms with van der Waals surface area (Å²) in [6, 6.07) is 7.17.